The van der Waals surface area contributed by atoms with Gasteiger partial charge in [0.05, 0.1) is 6.61 Å². The Morgan fingerprint density at radius 1 is 1.46 bits per heavy atom. The van der Waals surface area contributed by atoms with Crippen LogP contribution in [0.5, 0.6) is 0 Å². The molecule has 13 heavy (non-hydrogen) atoms. The molecule has 0 saturated carbocycles. The van der Waals surface area contributed by atoms with Gasteiger partial charge in [-0.3, -0.25) is 0 Å². The van der Waals surface area contributed by atoms with Crippen LogP contribution in [-0.4, -0.2) is 31.1 Å². The van der Waals surface area contributed by atoms with Crippen molar-refractivity contribution in [1.82, 2.24) is 0 Å². The lowest BCUT2D eigenvalue weighted by atomic mass is 9.99. The summed E-state index contributed by atoms with van der Waals surface area (Å²) in [6, 6.07) is 0. The van der Waals surface area contributed by atoms with Gasteiger partial charge < -0.3 is 19.1 Å². The van der Waals surface area contributed by atoms with Crippen molar-refractivity contribution in [3.05, 3.63) is 0 Å². The second kappa shape index (κ2) is 3.98. The fourth-order valence-electron chi connectivity index (χ4n) is 1.33. The molecule has 0 aromatic carbocycles. The van der Waals surface area contributed by atoms with Crippen LogP contribution in [-0.2, 0) is 19.1 Å². The molecule has 0 aromatic heterocycles. The summed E-state index contributed by atoms with van der Waals surface area (Å²) < 4.78 is 10.7. The Hall–Kier alpha value is -0.740. The van der Waals surface area contributed by atoms with Crippen molar-refractivity contribution in [3.8, 4) is 0 Å². The summed E-state index contributed by atoms with van der Waals surface area (Å²) in [6.07, 6.45) is 1.30. The second-order valence-corrected chi connectivity index (χ2v) is 3.59. The number of carbonyl (C=O) groups is 2. The van der Waals surface area contributed by atoms with Crippen LogP contribution in [0.4, 0.5) is 0 Å². The molecule has 0 aliphatic carbocycles. The topological polar surface area (TPSA) is 52.6 Å². The van der Waals surface area contributed by atoms with E-state index in [0.29, 0.717) is 13.0 Å². The minimum Gasteiger partial charge on any atom is -0.350 e. The van der Waals surface area contributed by atoms with Crippen molar-refractivity contribution in [2.75, 3.05) is 6.61 Å². The van der Waals surface area contributed by atoms with Crippen LogP contribution in [0.3, 0.4) is 0 Å². The molecule has 0 spiro atoms. The molecule has 74 valence electrons. The summed E-state index contributed by atoms with van der Waals surface area (Å²) >= 11 is 0. The second-order valence-electron chi connectivity index (χ2n) is 3.59. The Morgan fingerprint density at radius 3 is 2.69 bits per heavy atom. The predicted molar refractivity (Wildman–Crippen MR) is 45.1 cm³/mol. The van der Waals surface area contributed by atoms with Gasteiger partial charge in [0.25, 0.3) is 0 Å². The number of carbonyl (C=O) groups excluding carboxylic acids is 2. The van der Waals surface area contributed by atoms with E-state index in [-0.39, 0.29) is 5.92 Å². The lowest BCUT2D eigenvalue weighted by Gasteiger charge is -2.38. The van der Waals surface area contributed by atoms with E-state index < -0.39 is 11.9 Å². The number of hydrogen-bond acceptors (Lipinski definition) is 4. The molecule has 1 aliphatic rings. The third-order valence-electron chi connectivity index (χ3n) is 2.06. The Balaban J connectivity index is 2.60. The molecule has 1 rings (SSSR count). The summed E-state index contributed by atoms with van der Waals surface area (Å²) in [5.41, 5.74) is 0. The monoisotopic (exact) mass is 186 g/mol. The Morgan fingerprint density at radius 2 is 2.15 bits per heavy atom. The summed E-state index contributed by atoms with van der Waals surface area (Å²) in [5, 5.41) is 0. The standard InChI is InChI=1S/C9H14O4/c1-9(2)12-6-7(3-4-10)8(5-11)13-9/h4-5,7-8H,3,6H2,1-2H3. The maximum atomic E-state index is 10.6. The van der Waals surface area contributed by atoms with E-state index in [1.165, 1.54) is 0 Å². The maximum absolute atomic E-state index is 10.6. The lowest BCUT2D eigenvalue weighted by Crippen LogP contribution is -2.46. The summed E-state index contributed by atoms with van der Waals surface area (Å²) in [5.74, 6) is -0.853. The molecule has 0 aromatic rings. The highest BCUT2D eigenvalue weighted by atomic mass is 16.7. The van der Waals surface area contributed by atoms with Gasteiger partial charge in [-0.2, -0.15) is 0 Å². The Kier molecular flexibility index (Phi) is 3.17. The van der Waals surface area contributed by atoms with Crippen LogP contribution >= 0.6 is 0 Å². The van der Waals surface area contributed by atoms with E-state index in [0.717, 1.165) is 12.6 Å². The van der Waals surface area contributed by atoms with Crippen LogP contribution in [0.1, 0.15) is 20.3 Å². The molecule has 2 unspecified atom stereocenters. The molecule has 1 saturated heterocycles. The Bertz CT molecular complexity index is 200. The van der Waals surface area contributed by atoms with Crippen molar-refractivity contribution < 1.29 is 19.1 Å². The highest BCUT2D eigenvalue weighted by Crippen LogP contribution is 2.26. The number of aldehydes is 2. The number of hydrogen-bond donors (Lipinski definition) is 0. The van der Waals surface area contributed by atoms with Crippen molar-refractivity contribution in [3.63, 3.8) is 0 Å². The normalized spacial score (nSPS) is 32.5. The van der Waals surface area contributed by atoms with Gasteiger partial charge in [0, 0.05) is 12.3 Å². The molecular formula is C9H14O4. The first-order chi connectivity index (χ1) is 6.09. The third kappa shape index (κ3) is 2.60. The quantitative estimate of drug-likeness (QED) is 0.604. The molecule has 4 heteroatoms. The molecule has 2 atom stereocenters. The van der Waals surface area contributed by atoms with Gasteiger partial charge in [0.1, 0.15) is 18.7 Å². The van der Waals surface area contributed by atoms with Crippen LogP contribution in [0, 0.1) is 5.92 Å². The van der Waals surface area contributed by atoms with E-state index in [4.69, 9.17) is 9.47 Å². The van der Waals surface area contributed by atoms with E-state index in [9.17, 15) is 9.59 Å². The number of rotatable bonds is 3. The van der Waals surface area contributed by atoms with Crippen molar-refractivity contribution in [1.29, 1.82) is 0 Å². The van der Waals surface area contributed by atoms with Gasteiger partial charge >= 0.3 is 0 Å². The van der Waals surface area contributed by atoms with Crippen molar-refractivity contribution in [2.45, 2.75) is 32.2 Å². The van der Waals surface area contributed by atoms with E-state index in [1.54, 1.807) is 13.8 Å². The Labute approximate surface area is 77.2 Å². The summed E-state index contributed by atoms with van der Waals surface area (Å²) in [7, 11) is 0. The summed E-state index contributed by atoms with van der Waals surface area (Å²) in [4.78, 5) is 20.9. The molecule has 1 heterocycles. The average molecular weight is 186 g/mol. The fourth-order valence-corrected chi connectivity index (χ4v) is 1.33. The van der Waals surface area contributed by atoms with Gasteiger partial charge in [-0.15, -0.1) is 0 Å². The molecular weight excluding hydrogens is 172 g/mol. The molecule has 0 amide bonds. The minimum absolute atomic E-state index is 0.136. The van der Waals surface area contributed by atoms with Crippen LogP contribution in [0.2, 0.25) is 0 Å². The van der Waals surface area contributed by atoms with Crippen LogP contribution in [0.25, 0.3) is 0 Å². The lowest BCUT2D eigenvalue weighted by molar-refractivity contribution is -0.282. The van der Waals surface area contributed by atoms with Crippen molar-refractivity contribution in [2.24, 2.45) is 5.92 Å². The summed E-state index contributed by atoms with van der Waals surface area (Å²) in [6.45, 7) is 3.90. The van der Waals surface area contributed by atoms with Gasteiger partial charge in [0.2, 0.25) is 0 Å². The van der Waals surface area contributed by atoms with Gasteiger partial charge in [0.15, 0.2) is 5.79 Å². The van der Waals surface area contributed by atoms with Gasteiger partial charge in [-0.1, -0.05) is 0 Å². The van der Waals surface area contributed by atoms with Crippen molar-refractivity contribution >= 4 is 12.6 Å². The van der Waals surface area contributed by atoms with E-state index >= 15 is 0 Å². The smallest absolute Gasteiger partial charge is 0.163 e. The fraction of sp³-hybridized carbons (Fsp3) is 0.778. The number of ether oxygens (including phenoxy) is 2. The SMILES string of the molecule is CC1(C)OCC(CC=O)C(C=O)O1. The highest BCUT2D eigenvalue weighted by Gasteiger charge is 2.35. The predicted octanol–water partition coefficient (Wildman–Crippen LogP) is 0.542. The first-order valence-corrected chi connectivity index (χ1v) is 4.30. The van der Waals surface area contributed by atoms with E-state index in [2.05, 4.69) is 0 Å². The first-order valence-electron chi connectivity index (χ1n) is 4.30. The van der Waals surface area contributed by atoms with Crippen LogP contribution < -0.4 is 0 Å². The minimum atomic E-state index is -0.717. The highest BCUT2D eigenvalue weighted by molar-refractivity contribution is 5.59. The third-order valence-corrected chi connectivity index (χ3v) is 2.06. The van der Waals surface area contributed by atoms with Gasteiger partial charge in [-0.05, 0) is 13.8 Å². The first kappa shape index (κ1) is 10.3. The average Bonchev–Trinajstić information content (AvgIpc) is 2.08. The molecule has 1 aliphatic heterocycles. The zero-order valence-corrected chi connectivity index (χ0v) is 7.86. The maximum Gasteiger partial charge on any atom is 0.163 e. The molecule has 0 radical (unpaired) electrons. The van der Waals surface area contributed by atoms with E-state index in [1.807, 2.05) is 0 Å². The van der Waals surface area contributed by atoms with Gasteiger partial charge in [-0.25, -0.2) is 0 Å². The zero-order chi connectivity index (χ0) is 9.90. The molecule has 0 bridgehead atoms. The van der Waals surface area contributed by atoms with Crippen LogP contribution in [0.15, 0.2) is 0 Å². The molecule has 0 N–H and O–H groups in total. The zero-order valence-electron chi connectivity index (χ0n) is 7.86. The largest absolute Gasteiger partial charge is 0.350 e. The molecule has 4 nitrogen and oxygen atoms in total. The molecule has 1 fully saturated rings.